The zero-order chi connectivity index (χ0) is 5.11. The van der Waals surface area contributed by atoms with E-state index in [4.69, 9.17) is 0 Å². The number of hydrogen-bond acceptors (Lipinski definition) is 1. The lowest BCUT2D eigenvalue weighted by atomic mass is 10.2. The van der Waals surface area contributed by atoms with Crippen molar-refractivity contribution in [2.75, 3.05) is 0 Å². The number of allylic oxidation sites excluding steroid dienone is 2. The van der Waals surface area contributed by atoms with Gasteiger partial charge in [-0.1, -0.05) is 30.4 Å². The summed E-state index contributed by atoms with van der Waals surface area (Å²) in [5, 5.41) is 10.4. The minimum Gasteiger partial charge on any atom is -0.846 e. The van der Waals surface area contributed by atoms with Crippen molar-refractivity contribution < 1.29 is 5.11 Å². The molecular formula is C6H7O-. The lowest BCUT2D eigenvalue weighted by Crippen LogP contribution is -2.19. The van der Waals surface area contributed by atoms with Crippen molar-refractivity contribution in [2.45, 2.75) is 12.5 Å². The molecule has 1 aliphatic carbocycles. The van der Waals surface area contributed by atoms with Crippen molar-refractivity contribution in [1.82, 2.24) is 0 Å². The van der Waals surface area contributed by atoms with Crippen LogP contribution in [-0.4, -0.2) is 6.10 Å². The van der Waals surface area contributed by atoms with E-state index in [0.717, 1.165) is 6.42 Å². The van der Waals surface area contributed by atoms with E-state index >= 15 is 0 Å². The summed E-state index contributed by atoms with van der Waals surface area (Å²) in [6.07, 6.45) is 7.46. The Morgan fingerprint density at radius 1 is 1.29 bits per heavy atom. The van der Waals surface area contributed by atoms with E-state index in [1.807, 2.05) is 12.2 Å². The van der Waals surface area contributed by atoms with Gasteiger partial charge in [0.05, 0.1) is 0 Å². The van der Waals surface area contributed by atoms with Crippen LogP contribution in [0.5, 0.6) is 0 Å². The molecule has 1 rings (SSSR count). The van der Waals surface area contributed by atoms with Crippen molar-refractivity contribution >= 4 is 0 Å². The van der Waals surface area contributed by atoms with Crippen LogP contribution in [-0.2, 0) is 0 Å². The van der Waals surface area contributed by atoms with Crippen LogP contribution in [0.25, 0.3) is 0 Å². The molecule has 0 bridgehead atoms. The molecule has 0 radical (unpaired) electrons. The van der Waals surface area contributed by atoms with Crippen LogP contribution in [0, 0.1) is 0 Å². The molecule has 0 heterocycles. The Morgan fingerprint density at radius 3 is 2.14 bits per heavy atom. The fourth-order valence-corrected chi connectivity index (χ4v) is 0.568. The highest BCUT2D eigenvalue weighted by molar-refractivity contribution is 5.08. The largest absolute Gasteiger partial charge is 0.846 e. The van der Waals surface area contributed by atoms with Gasteiger partial charge < -0.3 is 5.11 Å². The molecule has 0 amide bonds. The first-order valence-electron chi connectivity index (χ1n) is 2.39. The topological polar surface area (TPSA) is 23.1 Å². The Morgan fingerprint density at radius 2 is 1.86 bits per heavy atom. The second-order valence-electron chi connectivity index (χ2n) is 1.56. The summed E-state index contributed by atoms with van der Waals surface area (Å²) in [6.45, 7) is 0. The van der Waals surface area contributed by atoms with Crippen molar-refractivity contribution in [2.24, 2.45) is 0 Å². The molecule has 0 saturated heterocycles. The van der Waals surface area contributed by atoms with Gasteiger partial charge in [0, 0.05) is 0 Å². The molecule has 0 unspecified atom stereocenters. The Labute approximate surface area is 43.0 Å². The van der Waals surface area contributed by atoms with Gasteiger partial charge >= 0.3 is 0 Å². The number of rotatable bonds is 0. The summed E-state index contributed by atoms with van der Waals surface area (Å²) in [5.74, 6) is 0. The molecule has 0 saturated carbocycles. The third-order valence-electron chi connectivity index (χ3n) is 0.924. The highest BCUT2D eigenvalue weighted by Gasteiger charge is 1.82. The minimum absolute atomic E-state index is 0.575. The lowest BCUT2D eigenvalue weighted by Gasteiger charge is -2.13. The maximum absolute atomic E-state index is 10.4. The molecule has 0 aromatic carbocycles. The zero-order valence-corrected chi connectivity index (χ0v) is 4.00. The van der Waals surface area contributed by atoms with Crippen LogP contribution in [0.15, 0.2) is 24.3 Å². The fraction of sp³-hybridized carbons (Fsp3) is 0.333. The van der Waals surface area contributed by atoms with Gasteiger partial charge in [-0.05, 0) is 6.42 Å². The van der Waals surface area contributed by atoms with Crippen LogP contribution in [0.1, 0.15) is 6.42 Å². The summed E-state index contributed by atoms with van der Waals surface area (Å²) < 4.78 is 0. The second-order valence-corrected chi connectivity index (χ2v) is 1.56. The van der Waals surface area contributed by atoms with Crippen LogP contribution < -0.4 is 5.11 Å². The predicted molar refractivity (Wildman–Crippen MR) is 26.7 cm³/mol. The SMILES string of the molecule is [O-]C1C=CCC=C1. The molecule has 0 aromatic rings. The fourth-order valence-electron chi connectivity index (χ4n) is 0.568. The van der Waals surface area contributed by atoms with Crippen LogP contribution in [0.3, 0.4) is 0 Å². The van der Waals surface area contributed by atoms with Crippen molar-refractivity contribution in [3.05, 3.63) is 24.3 Å². The van der Waals surface area contributed by atoms with Crippen molar-refractivity contribution in [3.8, 4) is 0 Å². The van der Waals surface area contributed by atoms with E-state index in [2.05, 4.69) is 0 Å². The maximum atomic E-state index is 10.4. The van der Waals surface area contributed by atoms with Crippen molar-refractivity contribution in [3.63, 3.8) is 0 Å². The van der Waals surface area contributed by atoms with Gasteiger partial charge in [0.2, 0.25) is 0 Å². The summed E-state index contributed by atoms with van der Waals surface area (Å²) in [5.41, 5.74) is 0. The quantitative estimate of drug-likeness (QED) is 0.395. The Bertz CT molecular complexity index is 90.7. The molecule has 7 heavy (non-hydrogen) atoms. The molecule has 0 aromatic heterocycles. The molecule has 38 valence electrons. The first kappa shape index (κ1) is 4.60. The zero-order valence-electron chi connectivity index (χ0n) is 4.00. The standard InChI is InChI=1S/C6H7O/c7-6-4-2-1-3-5-6/h2-6H,1H2/q-1. The molecule has 0 atom stereocenters. The molecular weight excluding hydrogens is 88.1 g/mol. The van der Waals surface area contributed by atoms with E-state index in [-0.39, 0.29) is 0 Å². The van der Waals surface area contributed by atoms with Gasteiger partial charge in [0.25, 0.3) is 0 Å². The average molecular weight is 95.1 g/mol. The maximum Gasteiger partial charge on any atom is -0.0170 e. The van der Waals surface area contributed by atoms with Gasteiger partial charge in [-0.2, -0.15) is 0 Å². The lowest BCUT2D eigenvalue weighted by molar-refractivity contribution is -0.387. The highest BCUT2D eigenvalue weighted by atomic mass is 16.3. The Kier molecular flexibility index (Phi) is 1.27. The molecule has 0 N–H and O–H groups in total. The minimum atomic E-state index is -0.575. The summed E-state index contributed by atoms with van der Waals surface area (Å²) in [7, 11) is 0. The summed E-state index contributed by atoms with van der Waals surface area (Å²) in [4.78, 5) is 0. The third-order valence-corrected chi connectivity index (χ3v) is 0.924. The highest BCUT2D eigenvalue weighted by Crippen LogP contribution is 1.96. The molecule has 0 spiro atoms. The number of hydrogen-bond donors (Lipinski definition) is 0. The molecule has 1 aliphatic rings. The third kappa shape index (κ3) is 1.16. The Balaban J connectivity index is 2.49. The first-order chi connectivity index (χ1) is 3.39. The van der Waals surface area contributed by atoms with E-state index < -0.39 is 6.10 Å². The summed E-state index contributed by atoms with van der Waals surface area (Å²) in [6, 6.07) is 0. The molecule has 0 aliphatic heterocycles. The second kappa shape index (κ2) is 1.94. The van der Waals surface area contributed by atoms with E-state index in [1.54, 1.807) is 12.2 Å². The monoisotopic (exact) mass is 95.1 g/mol. The average Bonchev–Trinajstić information content (AvgIpc) is 1.69. The van der Waals surface area contributed by atoms with Gasteiger partial charge in [0.15, 0.2) is 0 Å². The van der Waals surface area contributed by atoms with Crippen LogP contribution in [0.2, 0.25) is 0 Å². The van der Waals surface area contributed by atoms with E-state index in [0.29, 0.717) is 0 Å². The predicted octanol–water partition coefficient (Wildman–Crippen LogP) is 0.231. The molecule has 1 heteroatoms. The van der Waals surface area contributed by atoms with Gasteiger partial charge in [-0.3, -0.25) is 0 Å². The van der Waals surface area contributed by atoms with Crippen LogP contribution >= 0.6 is 0 Å². The van der Waals surface area contributed by atoms with Gasteiger partial charge in [0.1, 0.15) is 0 Å². The van der Waals surface area contributed by atoms with Crippen LogP contribution in [0.4, 0.5) is 0 Å². The van der Waals surface area contributed by atoms with E-state index in [9.17, 15) is 5.11 Å². The van der Waals surface area contributed by atoms with Gasteiger partial charge in [-0.15, -0.1) is 0 Å². The van der Waals surface area contributed by atoms with E-state index in [1.165, 1.54) is 0 Å². The van der Waals surface area contributed by atoms with Gasteiger partial charge in [-0.25, -0.2) is 0 Å². The smallest absolute Gasteiger partial charge is 0.0170 e. The molecule has 0 fully saturated rings. The summed E-state index contributed by atoms with van der Waals surface area (Å²) >= 11 is 0. The Hall–Kier alpha value is -0.560. The normalized spacial score (nSPS) is 20.7. The first-order valence-corrected chi connectivity index (χ1v) is 2.39. The molecule has 1 nitrogen and oxygen atoms in total. The van der Waals surface area contributed by atoms with Crippen molar-refractivity contribution in [1.29, 1.82) is 0 Å².